The second-order valence-electron chi connectivity index (χ2n) is 1.67. The monoisotopic (exact) mass is 140 g/mol. The summed E-state index contributed by atoms with van der Waals surface area (Å²) in [6.45, 7) is 0.219. The summed E-state index contributed by atoms with van der Waals surface area (Å²) in [6.07, 6.45) is 0. The first-order chi connectivity index (χ1) is 4.72. The molecule has 0 aliphatic heterocycles. The fourth-order valence-electron chi connectivity index (χ4n) is 0.548. The van der Waals surface area contributed by atoms with Crippen LogP contribution >= 0.6 is 0 Å². The molecule has 1 aromatic rings. The molecule has 0 unspecified atom stereocenters. The lowest BCUT2D eigenvalue weighted by molar-refractivity contribution is 0.891. The molecule has 6 heteroatoms. The van der Waals surface area contributed by atoms with Crippen LogP contribution in [0.3, 0.4) is 0 Å². The molecule has 0 saturated heterocycles. The third-order valence-corrected chi connectivity index (χ3v) is 0.899. The molecule has 6 nitrogen and oxygen atoms in total. The van der Waals surface area contributed by atoms with Gasteiger partial charge in [0.1, 0.15) is 5.82 Å². The maximum absolute atomic E-state index is 5.24. The Bertz CT molecular complexity index is 213. The average molecular weight is 140 g/mol. The van der Waals surface area contributed by atoms with E-state index in [9.17, 15) is 0 Å². The van der Waals surface area contributed by atoms with Gasteiger partial charge in [-0.2, -0.15) is 15.0 Å². The van der Waals surface area contributed by atoms with Gasteiger partial charge >= 0.3 is 0 Å². The lowest BCUT2D eigenvalue weighted by Gasteiger charge is -1.96. The summed E-state index contributed by atoms with van der Waals surface area (Å²) in [5, 5.41) is 0. The van der Waals surface area contributed by atoms with Crippen molar-refractivity contribution in [3.05, 3.63) is 5.82 Å². The van der Waals surface area contributed by atoms with Crippen LogP contribution in [0.1, 0.15) is 5.82 Å². The summed E-state index contributed by atoms with van der Waals surface area (Å²) in [4.78, 5) is 11.0. The van der Waals surface area contributed by atoms with Crippen molar-refractivity contribution in [2.75, 3.05) is 11.5 Å². The van der Waals surface area contributed by atoms with Gasteiger partial charge in [-0.1, -0.05) is 0 Å². The first kappa shape index (κ1) is 6.69. The van der Waals surface area contributed by atoms with Crippen molar-refractivity contribution >= 4 is 11.9 Å². The highest BCUT2D eigenvalue weighted by atomic mass is 15.1. The van der Waals surface area contributed by atoms with Crippen molar-refractivity contribution in [3.8, 4) is 0 Å². The number of nitrogens with two attached hydrogens (primary N) is 3. The summed E-state index contributed by atoms with van der Waals surface area (Å²) in [7, 11) is 0. The Labute approximate surface area is 57.5 Å². The molecule has 0 amide bonds. The Morgan fingerprint density at radius 3 is 1.90 bits per heavy atom. The predicted molar refractivity (Wildman–Crippen MR) is 36.5 cm³/mol. The van der Waals surface area contributed by atoms with E-state index in [1.807, 2.05) is 0 Å². The highest BCUT2D eigenvalue weighted by molar-refractivity contribution is 5.25. The number of hydrogen-bond acceptors (Lipinski definition) is 6. The number of nitrogen functional groups attached to an aromatic ring is 2. The van der Waals surface area contributed by atoms with Crippen LogP contribution in [0.15, 0.2) is 0 Å². The molecule has 1 rings (SSSR count). The molecular weight excluding hydrogens is 132 g/mol. The normalized spacial score (nSPS) is 9.70. The van der Waals surface area contributed by atoms with Crippen LogP contribution in [0.5, 0.6) is 0 Å². The Balaban J connectivity index is 3.06. The molecule has 1 aromatic heterocycles. The standard InChI is InChI=1S/C4H8N6/c5-1-2-8-3(6)10-4(7)9-2/h1,5H2,(H4,6,7,8,9,10). The smallest absolute Gasteiger partial charge is 0.225 e. The van der Waals surface area contributed by atoms with E-state index in [0.29, 0.717) is 5.82 Å². The van der Waals surface area contributed by atoms with Crippen molar-refractivity contribution in [2.24, 2.45) is 5.73 Å². The number of anilines is 2. The topological polar surface area (TPSA) is 117 Å². The minimum Gasteiger partial charge on any atom is -0.368 e. The third-order valence-electron chi connectivity index (χ3n) is 0.899. The lowest BCUT2D eigenvalue weighted by atomic mass is 10.6. The maximum Gasteiger partial charge on any atom is 0.225 e. The van der Waals surface area contributed by atoms with E-state index in [0.717, 1.165) is 0 Å². The Morgan fingerprint density at radius 2 is 1.50 bits per heavy atom. The van der Waals surface area contributed by atoms with E-state index in [2.05, 4.69) is 15.0 Å². The van der Waals surface area contributed by atoms with Gasteiger partial charge in [-0.3, -0.25) is 0 Å². The number of hydrogen-bond donors (Lipinski definition) is 3. The van der Waals surface area contributed by atoms with Gasteiger partial charge in [-0.05, 0) is 0 Å². The fraction of sp³-hybridized carbons (Fsp3) is 0.250. The highest BCUT2D eigenvalue weighted by Crippen LogP contribution is 1.96. The van der Waals surface area contributed by atoms with Gasteiger partial charge in [-0.25, -0.2) is 0 Å². The molecular formula is C4H8N6. The van der Waals surface area contributed by atoms with E-state index in [4.69, 9.17) is 17.2 Å². The molecule has 0 aromatic carbocycles. The second-order valence-corrected chi connectivity index (χ2v) is 1.67. The van der Waals surface area contributed by atoms with Crippen LogP contribution in [-0.4, -0.2) is 15.0 Å². The highest BCUT2D eigenvalue weighted by Gasteiger charge is 1.97. The molecule has 0 bridgehead atoms. The Morgan fingerprint density at radius 1 is 1.00 bits per heavy atom. The summed E-state index contributed by atoms with van der Waals surface area (Å²) >= 11 is 0. The molecule has 54 valence electrons. The van der Waals surface area contributed by atoms with Crippen molar-refractivity contribution in [3.63, 3.8) is 0 Å². The quantitative estimate of drug-likeness (QED) is 0.436. The molecule has 0 fully saturated rings. The van der Waals surface area contributed by atoms with Crippen molar-refractivity contribution in [2.45, 2.75) is 6.54 Å². The van der Waals surface area contributed by atoms with Gasteiger partial charge in [0.2, 0.25) is 11.9 Å². The van der Waals surface area contributed by atoms with E-state index in [-0.39, 0.29) is 18.4 Å². The molecule has 0 atom stereocenters. The average Bonchev–Trinajstić information content (AvgIpc) is 1.85. The fourth-order valence-corrected chi connectivity index (χ4v) is 0.548. The minimum absolute atomic E-state index is 0.105. The first-order valence-corrected chi connectivity index (χ1v) is 2.68. The van der Waals surface area contributed by atoms with Gasteiger partial charge in [0, 0.05) is 0 Å². The van der Waals surface area contributed by atoms with E-state index in [1.54, 1.807) is 0 Å². The van der Waals surface area contributed by atoms with Crippen molar-refractivity contribution < 1.29 is 0 Å². The number of rotatable bonds is 1. The van der Waals surface area contributed by atoms with Crippen LogP contribution in [0.25, 0.3) is 0 Å². The van der Waals surface area contributed by atoms with Crippen LogP contribution in [-0.2, 0) is 6.54 Å². The minimum atomic E-state index is 0.105. The molecule has 1 heterocycles. The summed E-state index contributed by atoms with van der Waals surface area (Å²) in [5.41, 5.74) is 15.7. The molecule has 0 aliphatic carbocycles. The maximum atomic E-state index is 5.24. The van der Waals surface area contributed by atoms with Crippen LogP contribution in [0.2, 0.25) is 0 Å². The number of nitrogens with zero attached hydrogens (tertiary/aromatic N) is 3. The Kier molecular flexibility index (Phi) is 1.63. The van der Waals surface area contributed by atoms with E-state index >= 15 is 0 Å². The summed E-state index contributed by atoms with van der Waals surface area (Å²) in [6, 6.07) is 0. The zero-order chi connectivity index (χ0) is 7.56. The third kappa shape index (κ3) is 1.29. The van der Waals surface area contributed by atoms with E-state index < -0.39 is 0 Å². The van der Waals surface area contributed by atoms with Crippen LogP contribution < -0.4 is 17.2 Å². The molecule has 0 saturated carbocycles. The van der Waals surface area contributed by atoms with Gasteiger partial charge in [0.15, 0.2) is 0 Å². The molecule has 0 radical (unpaired) electrons. The Hall–Kier alpha value is -1.43. The lowest BCUT2D eigenvalue weighted by Crippen LogP contribution is -2.09. The first-order valence-electron chi connectivity index (χ1n) is 2.68. The number of aromatic nitrogens is 3. The zero-order valence-corrected chi connectivity index (χ0v) is 5.28. The summed E-state index contributed by atoms with van der Waals surface area (Å²) < 4.78 is 0. The van der Waals surface area contributed by atoms with Gasteiger partial charge in [0.25, 0.3) is 0 Å². The van der Waals surface area contributed by atoms with E-state index in [1.165, 1.54) is 0 Å². The van der Waals surface area contributed by atoms with Crippen LogP contribution in [0, 0.1) is 0 Å². The molecule has 0 aliphatic rings. The molecule has 10 heavy (non-hydrogen) atoms. The van der Waals surface area contributed by atoms with Crippen LogP contribution in [0.4, 0.5) is 11.9 Å². The second kappa shape index (κ2) is 2.44. The van der Waals surface area contributed by atoms with Gasteiger partial charge in [-0.15, -0.1) is 0 Å². The van der Waals surface area contributed by atoms with Crippen molar-refractivity contribution in [1.29, 1.82) is 0 Å². The predicted octanol–water partition coefficient (Wildman–Crippen LogP) is -1.51. The zero-order valence-electron chi connectivity index (χ0n) is 5.28. The molecule has 0 spiro atoms. The summed E-state index contributed by atoms with van der Waals surface area (Å²) in [5.74, 6) is 0.617. The van der Waals surface area contributed by atoms with Crippen molar-refractivity contribution in [1.82, 2.24) is 15.0 Å². The van der Waals surface area contributed by atoms with Gasteiger partial charge < -0.3 is 17.2 Å². The van der Waals surface area contributed by atoms with Gasteiger partial charge in [0.05, 0.1) is 6.54 Å². The SMILES string of the molecule is NCc1nc(N)nc(N)n1. The molecule has 6 N–H and O–H groups in total. The largest absolute Gasteiger partial charge is 0.368 e.